The predicted octanol–water partition coefficient (Wildman–Crippen LogP) is 3.20. The fourth-order valence-corrected chi connectivity index (χ4v) is 4.27. The Morgan fingerprint density at radius 3 is 2.61 bits per heavy atom. The van der Waals surface area contributed by atoms with Gasteiger partial charge in [-0.25, -0.2) is 0 Å². The van der Waals surface area contributed by atoms with Gasteiger partial charge in [-0.2, -0.15) is 5.10 Å². The van der Waals surface area contributed by atoms with Gasteiger partial charge in [-0.15, -0.1) is 0 Å². The van der Waals surface area contributed by atoms with E-state index in [0.717, 1.165) is 35.2 Å². The number of carbonyl (C=O) groups is 1. The summed E-state index contributed by atoms with van der Waals surface area (Å²) >= 11 is 0. The SMILES string of the molecule is CN1CCC(O)(Cn2nc(-c3cccnc3)c3ccc(NC(=O)c4ccncc4)cc32)CC1. The largest absolute Gasteiger partial charge is 0.388 e. The highest BCUT2D eigenvalue weighted by molar-refractivity contribution is 6.05. The number of hydrogen-bond acceptors (Lipinski definition) is 6. The molecule has 0 bridgehead atoms. The van der Waals surface area contributed by atoms with Gasteiger partial charge in [0.2, 0.25) is 0 Å². The Hall–Kier alpha value is -3.62. The van der Waals surface area contributed by atoms with E-state index in [-0.39, 0.29) is 5.91 Å². The van der Waals surface area contributed by atoms with Crippen LogP contribution in [0.4, 0.5) is 5.69 Å². The van der Waals surface area contributed by atoms with Crippen LogP contribution < -0.4 is 5.32 Å². The predicted molar refractivity (Wildman–Crippen MR) is 127 cm³/mol. The summed E-state index contributed by atoms with van der Waals surface area (Å²) in [6.45, 7) is 2.08. The molecule has 0 saturated carbocycles. The maximum atomic E-state index is 12.6. The van der Waals surface area contributed by atoms with Gasteiger partial charge in [0.1, 0.15) is 5.69 Å². The summed E-state index contributed by atoms with van der Waals surface area (Å²) in [5.41, 5.74) is 2.95. The van der Waals surface area contributed by atoms with Gasteiger partial charge in [-0.05, 0) is 62.4 Å². The van der Waals surface area contributed by atoms with Crippen molar-refractivity contribution in [2.75, 3.05) is 25.5 Å². The Morgan fingerprint density at radius 1 is 1.09 bits per heavy atom. The topological polar surface area (TPSA) is 96.2 Å². The molecule has 8 nitrogen and oxygen atoms in total. The maximum Gasteiger partial charge on any atom is 0.255 e. The van der Waals surface area contributed by atoms with E-state index in [2.05, 4.69) is 27.2 Å². The first-order valence-corrected chi connectivity index (χ1v) is 11.0. The van der Waals surface area contributed by atoms with Crippen LogP contribution >= 0.6 is 0 Å². The molecular weight excluding hydrogens is 416 g/mol. The number of aromatic nitrogens is 4. The lowest BCUT2D eigenvalue weighted by atomic mass is 9.91. The van der Waals surface area contributed by atoms with Gasteiger partial charge in [-0.3, -0.25) is 19.4 Å². The van der Waals surface area contributed by atoms with E-state index in [4.69, 9.17) is 5.10 Å². The van der Waals surface area contributed by atoms with Crippen LogP contribution in [0.25, 0.3) is 22.2 Å². The zero-order chi connectivity index (χ0) is 22.8. The van der Waals surface area contributed by atoms with Crippen LogP contribution in [0.1, 0.15) is 23.2 Å². The average Bonchev–Trinajstić information content (AvgIpc) is 3.19. The van der Waals surface area contributed by atoms with Gasteiger partial charge in [0.25, 0.3) is 5.91 Å². The summed E-state index contributed by atoms with van der Waals surface area (Å²) in [6, 6.07) is 13.0. The number of hydrogen-bond donors (Lipinski definition) is 2. The average molecular weight is 443 g/mol. The van der Waals surface area contributed by atoms with Crippen LogP contribution in [-0.4, -0.2) is 61.4 Å². The minimum atomic E-state index is -0.825. The monoisotopic (exact) mass is 442 g/mol. The van der Waals surface area contributed by atoms with Crippen molar-refractivity contribution in [2.45, 2.75) is 25.0 Å². The van der Waals surface area contributed by atoms with Crippen LogP contribution in [-0.2, 0) is 6.54 Å². The number of carbonyl (C=O) groups excluding carboxylic acids is 1. The Labute approximate surface area is 191 Å². The molecule has 4 heterocycles. The highest BCUT2D eigenvalue weighted by Gasteiger charge is 2.32. The van der Waals surface area contributed by atoms with Gasteiger partial charge >= 0.3 is 0 Å². The zero-order valence-corrected chi connectivity index (χ0v) is 18.5. The number of nitrogens with zero attached hydrogens (tertiary/aromatic N) is 5. The minimum absolute atomic E-state index is 0.204. The molecule has 2 N–H and O–H groups in total. The van der Waals surface area contributed by atoms with Gasteiger partial charge in [0.15, 0.2) is 0 Å². The molecule has 0 spiro atoms. The fraction of sp³-hybridized carbons (Fsp3) is 0.280. The molecule has 0 aliphatic carbocycles. The second kappa shape index (κ2) is 8.73. The molecule has 1 aromatic carbocycles. The Morgan fingerprint density at radius 2 is 1.88 bits per heavy atom. The number of rotatable bonds is 5. The van der Waals surface area contributed by atoms with Crippen LogP contribution in [0.2, 0.25) is 0 Å². The van der Waals surface area contributed by atoms with Crippen molar-refractivity contribution in [3.05, 3.63) is 72.8 Å². The molecular formula is C25H26N6O2. The summed E-state index contributed by atoms with van der Waals surface area (Å²) in [5.74, 6) is -0.204. The number of amides is 1. The second-order valence-electron chi connectivity index (χ2n) is 8.70. The molecule has 1 fully saturated rings. The smallest absolute Gasteiger partial charge is 0.255 e. The molecule has 1 amide bonds. The van der Waals surface area contributed by atoms with E-state index in [1.54, 1.807) is 36.9 Å². The molecule has 33 heavy (non-hydrogen) atoms. The standard InChI is InChI=1S/C25H26N6O2/c1-30-13-8-25(33,9-14-30)17-31-22-15-20(28-24(32)18-6-11-26-12-7-18)4-5-21(22)23(29-31)19-3-2-10-27-16-19/h2-7,10-12,15-16,33H,8-9,13-14,17H2,1H3,(H,28,32). The number of anilines is 1. The third-order valence-corrected chi connectivity index (χ3v) is 6.25. The number of fused-ring (bicyclic) bond motifs is 1. The van der Waals surface area contributed by atoms with Crippen molar-refractivity contribution in [1.82, 2.24) is 24.6 Å². The first kappa shape index (κ1) is 21.2. The summed E-state index contributed by atoms with van der Waals surface area (Å²) in [5, 5.41) is 20.1. The summed E-state index contributed by atoms with van der Waals surface area (Å²) in [7, 11) is 2.07. The van der Waals surface area contributed by atoms with Crippen molar-refractivity contribution in [3.8, 4) is 11.3 Å². The highest BCUT2D eigenvalue weighted by atomic mass is 16.3. The number of likely N-dealkylation sites (tertiary alicyclic amines) is 1. The number of nitrogens with one attached hydrogen (secondary N) is 1. The molecule has 4 aromatic rings. The molecule has 1 aliphatic rings. The maximum absolute atomic E-state index is 12.6. The van der Waals surface area contributed by atoms with E-state index >= 15 is 0 Å². The molecule has 1 saturated heterocycles. The number of aliphatic hydroxyl groups is 1. The molecule has 0 radical (unpaired) electrons. The first-order valence-electron chi connectivity index (χ1n) is 11.0. The summed E-state index contributed by atoms with van der Waals surface area (Å²) in [4.78, 5) is 23.1. The lowest BCUT2D eigenvalue weighted by Gasteiger charge is -2.36. The van der Waals surface area contributed by atoms with Gasteiger partial charge in [0.05, 0.1) is 17.7 Å². The molecule has 3 aromatic heterocycles. The van der Waals surface area contributed by atoms with Crippen LogP contribution in [0, 0.1) is 0 Å². The van der Waals surface area contributed by atoms with Gasteiger partial charge < -0.3 is 15.3 Å². The molecule has 8 heteroatoms. The van der Waals surface area contributed by atoms with Gasteiger partial charge in [-0.1, -0.05) is 0 Å². The zero-order valence-electron chi connectivity index (χ0n) is 18.5. The van der Waals surface area contributed by atoms with Crippen LogP contribution in [0.15, 0.2) is 67.3 Å². The van der Waals surface area contributed by atoms with Crippen molar-refractivity contribution < 1.29 is 9.90 Å². The molecule has 1 aliphatic heterocycles. The Bertz CT molecular complexity index is 1260. The van der Waals surface area contributed by atoms with Crippen molar-refractivity contribution in [3.63, 3.8) is 0 Å². The van der Waals surface area contributed by atoms with Crippen molar-refractivity contribution >= 4 is 22.5 Å². The lowest BCUT2D eigenvalue weighted by molar-refractivity contribution is -0.0305. The van der Waals surface area contributed by atoms with E-state index in [1.807, 2.05) is 35.0 Å². The second-order valence-corrected chi connectivity index (χ2v) is 8.70. The lowest BCUT2D eigenvalue weighted by Crippen LogP contribution is -2.45. The third-order valence-electron chi connectivity index (χ3n) is 6.25. The molecule has 168 valence electrons. The molecule has 0 unspecified atom stereocenters. The number of benzene rings is 1. The third kappa shape index (κ3) is 4.48. The van der Waals surface area contributed by atoms with Crippen molar-refractivity contribution in [2.24, 2.45) is 0 Å². The quantitative estimate of drug-likeness (QED) is 0.493. The summed E-state index contributed by atoms with van der Waals surface area (Å²) < 4.78 is 1.87. The summed E-state index contributed by atoms with van der Waals surface area (Å²) in [6.07, 6.45) is 8.08. The Kier molecular flexibility index (Phi) is 5.62. The Balaban J connectivity index is 1.52. The highest BCUT2D eigenvalue weighted by Crippen LogP contribution is 2.32. The normalized spacial score (nSPS) is 16.1. The van der Waals surface area contributed by atoms with Gasteiger partial charge in [0, 0.05) is 60.1 Å². The first-order chi connectivity index (χ1) is 16.0. The van der Waals surface area contributed by atoms with E-state index in [1.165, 1.54) is 0 Å². The fourth-order valence-electron chi connectivity index (χ4n) is 4.27. The number of piperidine rings is 1. The van der Waals surface area contributed by atoms with E-state index in [0.29, 0.717) is 30.6 Å². The number of pyridine rings is 2. The van der Waals surface area contributed by atoms with Crippen molar-refractivity contribution in [1.29, 1.82) is 0 Å². The van der Waals surface area contributed by atoms with Crippen LogP contribution in [0.5, 0.6) is 0 Å². The molecule has 0 atom stereocenters. The van der Waals surface area contributed by atoms with Crippen LogP contribution in [0.3, 0.4) is 0 Å². The minimum Gasteiger partial charge on any atom is -0.388 e. The van der Waals surface area contributed by atoms with E-state index < -0.39 is 5.60 Å². The van der Waals surface area contributed by atoms with E-state index in [9.17, 15) is 9.90 Å². The molecule has 5 rings (SSSR count).